The van der Waals surface area contributed by atoms with Crippen LogP contribution in [0.1, 0.15) is 20.8 Å². The van der Waals surface area contributed by atoms with E-state index in [1.165, 1.54) is 0 Å². The highest BCUT2D eigenvalue weighted by Gasteiger charge is 2.25. The lowest BCUT2D eigenvalue weighted by Gasteiger charge is -2.39. The molecule has 3 nitrogen and oxygen atoms in total. The fourth-order valence-corrected chi connectivity index (χ4v) is 1.90. The quantitative estimate of drug-likeness (QED) is 0.665. The molecule has 2 unspecified atom stereocenters. The van der Waals surface area contributed by atoms with Gasteiger partial charge in [0.25, 0.3) is 0 Å². The number of nitrogens with zero attached hydrogens (tertiary/aromatic N) is 1. The van der Waals surface area contributed by atoms with Gasteiger partial charge in [0.05, 0.1) is 6.61 Å². The molecule has 1 rings (SSSR count). The largest absolute Gasteiger partial charge is 0.395 e. The molecular formula is C10H22N2O. The summed E-state index contributed by atoms with van der Waals surface area (Å²) in [6.45, 7) is 9.99. The van der Waals surface area contributed by atoms with Crippen LogP contribution in [0.2, 0.25) is 0 Å². The Morgan fingerprint density at radius 3 is 2.77 bits per heavy atom. The zero-order chi connectivity index (χ0) is 9.84. The van der Waals surface area contributed by atoms with Crippen molar-refractivity contribution in [2.75, 3.05) is 26.2 Å². The summed E-state index contributed by atoms with van der Waals surface area (Å²) in [5.41, 5.74) is 0. The SMILES string of the molecule is CC(C)CN1CC(C)NCC1CO. The molecule has 0 aromatic heterocycles. The van der Waals surface area contributed by atoms with Crippen molar-refractivity contribution < 1.29 is 5.11 Å². The molecule has 0 spiro atoms. The van der Waals surface area contributed by atoms with E-state index in [0.29, 0.717) is 18.0 Å². The van der Waals surface area contributed by atoms with E-state index < -0.39 is 0 Å². The van der Waals surface area contributed by atoms with Crippen LogP contribution in [0.15, 0.2) is 0 Å². The molecule has 3 heteroatoms. The van der Waals surface area contributed by atoms with Crippen molar-refractivity contribution in [3.8, 4) is 0 Å². The van der Waals surface area contributed by atoms with Crippen molar-refractivity contribution in [1.82, 2.24) is 10.2 Å². The van der Waals surface area contributed by atoms with Gasteiger partial charge < -0.3 is 10.4 Å². The fraction of sp³-hybridized carbons (Fsp3) is 1.00. The monoisotopic (exact) mass is 186 g/mol. The molecule has 0 aromatic rings. The molecule has 2 N–H and O–H groups in total. The van der Waals surface area contributed by atoms with E-state index >= 15 is 0 Å². The third-order valence-electron chi connectivity index (χ3n) is 2.54. The lowest BCUT2D eigenvalue weighted by Crippen LogP contribution is -2.57. The van der Waals surface area contributed by atoms with Crippen molar-refractivity contribution >= 4 is 0 Å². The average molecular weight is 186 g/mol. The number of aliphatic hydroxyl groups excluding tert-OH is 1. The maximum Gasteiger partial charge on any atom is 0.0599 e. The Morgan fingerprint density at radius 2 is 2.23 bits per heavy atom. The number of hydrogen-bond acceptors (Lipinski definition) is 3. The number of piperazine rings is 1. The third kappa shape index (κ3) is 3.25. The van der Waals surface area contributed by atoms with E-state index in [9.17, 15) is 5.11 Å². The molecule has 1 heterocycles. The van der Waals surface area contributed by atoms with E-state index in [4.69, 9.17) is 0 Å². The van der Waals surface area contributed by atoms with E-state index in [-0.39, 0.29) is 6.61 Å². The first-order valence-electron chi connectivity index (χ1n) is 5.21. The first-order valence-corrected chi connectivity index (χ1v) is 5.21. The van der Waals surface area contributed by atoms with Gasteiger partial charge in [-0.15, -0.1) is 0 Å². The van der Waals surface area contributed by atoms with Crippen LogP contribution in [0, 0.1) is 5.92 Å². The molecule has 0 radical (unpaired) electrons. The van der Waals surface area contributed by atoms with E-state index in [1.807, 2.05) is 0 Å². The topological polar surface area (TPSA) is 35.5 Å². The van der Waals surface area contributed by atoms with Crippen molar-refractivity contribution in [2.24, 2.45) is 5.92 Å². The minimum Gasteiger partial charge on any atom is -0.395 e. The van der Waals surface area contributed by atoms with Gasteiger partial charge in [-0.3, -0.25) is 4.90 Å². The summed E-state index contributed by atoms with van der Waals surface area (Å²) in [6.07, 6.45) is 0. The number of nitrogens with one attached hydrogen (secondary N) is 1. The Balaban J connectivity index is 2.44. The first-order chi connectivity index (χ1) is 6.13. The van der Waals surface area contributed by atoms with Gasteiger partial charge in [0, 0.05) is 31.7 Å². The molecule has 0 bridgehead atoms. The summed E-state index contributed by atoms with van der Waals surface area (Å²) in [6, 6.07) is 0.875. The van der Waals surface area contributed by atoms with Gasteiger partial charge in [-0.2, -0.15) is 0 Å². The van der Waals surface area contributed by atoms with Crippen molar-refractivity contribution in [3.05, 3.63) is 0 Å². The van der Waals surface area contributed by atoms with Gasteiger partial charge in [-0.25, -0.2) is 0 Å². The Bertz CT molecular complexity index is 148. The Hall–Kier alpha value is -0.120. The first kappa shape index (κ1) is 11.0. The zero-order valence-electron chi connectivity index (χ0n) is 8.95. The Kier molecular flexibility index (Phi) is 4.16. The predicted molar refractivity (Wildman–Crippen MR) is 54.7 cm³/mol. The second-order valence-corrected chi connectivity index (χ2v) is 4.49. The molecule has 0 aromatic carbocycles. The van der Waals surface area contributed by atoms with Crippen LogP contribution in [0.25, 0.3) is 0 Å². The van der Waals surface area contributed by atoms with Gasteiger partial charge in [-0.05, 0) is 12.8 Å². The molecular weight excluding hydrogens is 164 g/mol. The molecule has 2 atom stereocenters. The van der Waals surface area contributed by atoms with Gasteiger partial charge in [0.2, 0.25) is 0 Å². The second kappa shape index (κ2) is 4.94. The van der Waals surface area contributed by atoms with Crippen LogP contribution in [0.3, 0.4) is 0 Å². The predicted octanol–water partition coefficient (Wildman–Crippen LogP) is 0.297. The number of hydrogen-bond donors (Lipinski definition) is 2. The minimum atomic E-state index is 0.270. The van der Waals surface area contributed by atoms with Crippen molar-refractivity contribution in [1.29, 1.82) is 0 Å². The van der Waals surface area contributed by atoms with E-state index in [0.717, 1.165) is 19.6 Å². The molecule has 0 aliphatic carbocycles. The standard InChI is InChI=1S/C10H22N2O/c1-8(2)5-12-6-9(3)11-4-10(12)7-13/h8-11,13H,4-7H2,1-3H3. The van der Waals surface area contributed by atoms with Crippen molar-refractivity contribution in [3.63, 3.8) is 0 Å². The summed E-state index contributed by atoms with van der Waals surface area (Å²) >= 11 is 0. The van der Waals surface area contributed by atoms with E-state index in [1.54, 1.807) is 0 Å². The van der Waals surface area contributed by atoms with Gasteiger partial charge in [0.15, 0.2) is 0 Å². The lowest BCUT2D eigenvalue weighted by atomic mass is 10.1. The summed E-state index contributed by atoms with van der Waals surface area (Å²) in [4.78, 5) is 2.39. The van der Waals surface area contributed by atoms with Gasteiger partial charge >= 0.3 is 0 Å². The molecule has 1 saturated heterocycles. The van der Waals surface area contributed by atoms with Crippen LogP contribution in [0.4, 0.5) is 0 Å². The second-order valence-electron chi connectivity index (χ2n) is 4.49. The Morgan fingerprint density at radius 1 is 1.54 bits per heavy atom. The number of aliphatic hydroxyl groups is 1. The highest BCUT2D eigenvalue weighted by Crippen LogP contribution is 2.09. The molecule has 0 amide bonds. The Labute approximate surface area is 81.1 Å². The summed E-state index contributed by atoms with van der Waals surface area (Å²) in [5.74, 6) is 0.680. The normalized spacial score (nSPS) is 31.2. The summed E-state index contributed by atoms with van der Waals surface area (Å²) < 4.78 is 0. The number of rotatable bonds is 3. The molecule has 1 fully saturated rings. The van der Waals surface area contributed by atoms with Crippen LogP contribution >= 0.6 is 0 Å². The molecule has 78 valence electrons. The molecule has 13 heavy (non-hydrogen) atoms. The summed E-state index contributed by atoms with van der Waals surface area (Å²) in [7, 11) is 0. The average Bonchev–Trinajstić information content (AvgIpc) is 2.03. The maximum absolute atomic E-state index is 9.18. The van der Waals surface area contributed by atoms with Crippen molar-refractivity contribution in [2.45, 2.75) is 32.9 Å². The third-order valence-corrected chi connectivity index (χ3v) is 2.54. The van der Waals surface area contributed by atoms with Crippen LogP contribution in [-0.4, -0.2) is 48.3 Å². The van der Waals surface area contributed by atoms with Crippen LogP contribution in [-0.2, 0) is 0 Å². The zero-order valence-corrected chi connectivity index (χ0v) is 8.95. The highest BCUT2D eigenvalue weighted by molar-refractivity contribution is 4.83. The fourth-order valence-electron chi connectivity index (χ4n) is 1.90. The smallest absolute Gasteiger partial charge is 0.0599 e. The van der Waals surface area contributed by atoms with Crippen LogP contribution < -0.4 is 5.32 Å². The molecule has 1 aliphatic heterocycles. The molecule has 1 aliphatic rings. The molecule has 0 saturated carbocycles. The van der Waals surface area contributed by atoms with E-state index in [2.05, 4.69) is 31.0 Å². The minimum absolute atomic E-state index is 0.270. The van der Waals surface area contributed by atoms with Crippen LogP contribution in [0.5, 0.6) is 0 Å². The summed E-state index contributed by atoms with van der Waals surface area (Å²) in [5, 5.41) is 12.6. The van der Waals surface area contributed by atoms with Gasteiger partial charge in [0.1, 0.15) is 0 Å². The maximum atomic E-state index is 9.18. The van der Waals surface area contributed by atoms with Gasteiger partial charge in [-0.1, -0.05) is 13.8 Å². The lowest BCUT2D eigenvalue weighted by molar-refractivity contribution is 0.0746. The highest BCUT2D eigenvalue weighted by atomic mass is 16.3.